The lowest BCUT2D eigenvalue weighted by Gasteiger charge is -2.07. The summed E-state index contributed by atoms with van der Waals surface area (Å²) >= 11 is 7.61. The third-order valence-corrected chi connectivity index (χ3v) is 3.87. The van der Waals surface area contributed by atoms with E-state index in [1.165, 1.54) is 12.1 Å². The number of carboxylic acids is 1. The summed E-state index contributed by atoms with van der Waals surface area (Å²) in [5.74, 6) is -0.552. The van der Waals surface area contributed by atoms with Crippen molar-refractivity contribution in [2.75, 3.05) is 0 Å². The molecule has 2 aromatic rings. The maximum Gasteiger partial charge on any atom is 0.335 e. The molecule has 0 aliphatic heterocycles. The Morgan fingerprint density at radius 2 is 2.30 bits per heavy atom. The first-order chi connectivity index (χ1) is 9.60. The highest BCUT2D eigenvalue weighted by Gasteiger charge is 2.09. The molecule has 0 saturated heterocycles. The normalized spacial score (nSPS) is 10.5. The van der Waals surface area contributed by atoms with Crippen LogP contribution in [0, 0.1) is 0 Å². The summed E-state index contributed by atoms with van der Waals surface area (Å²) in [6, 6.07) is 4.40. The topological polar surface area (TPSA) is 59.4 Å². The zero-order valence-electron chi connectivity index (χ0n) is 10.9. The number of benzene rings is 1. The first kappa shape index (κ1) is 14.8. The highest BCUT2D eigenvalue weighted by molar-refractivity contribution is 7.09. The van der Waals surface area contributed by atoms with Gasteiger partial charge < -0.3 is 9.84 Å². The lowest BCUT2D eigenvalue weighted by molar-refractivity contribution is 0.0697. The van der Waals surface area contributed by atoms with Crippen molar-refractivity contribution in [3.05, 3.63) is 44.9 Å². The van der Waals surface area contributed by atoms with Gasteiger partial charge in [-0.3, -0.25) is 0 Å². The van der Waals surface area contributed by atoms with Crippen LogP contribution in [0.1, 0.15) is 34.4 Å². The molecule has 0 atom stereocenters. The first-order valence-corrected chi connectivity index (χ1v) is 7.45. The second-order valence-electron chi connectivity index (χ2n) is 4.22. The molecule has 0 aliphatic carbocycles. The number of ether oxygens (including phenoxy) is 1. The van der Waals surface area contributed by atoms with Gasteiger partial charge in [0.2, 0.25) is 0 Å². The molecule has 0 unspecified atom stereocenters. The zero-order chi connectivity index (χ0) is 14.5. The van der Waals surface area contributed by atoms with E-state index in [-0.39, 0.29) is 10.6 Å². The minimum Gasteiger partial charge on any atom is -0.486 e. The maximum absolute atomic E-state index is 10.8. The Bertz CT molecular complexity index is 612. The molecule has 4 nitrogen and oxygen atoms in total. The van der Waals surface area contributed by atoms with E-state index in [0.717, 1.165) is 23.5 Å². The molecule has 1 aromatic carbocycles. The molecule has 0 fully saturated rings. The lowest BCUT2D eigenvalue weighted by atomic mass is 10.2. The molecule has 1 N–H and O–H groups in total. The molecule has 0 bridgehead atoms. The van der Waals surface area contributed by atoms with Gasteiger partial charge in [-0.05, 0) is 31.0 Å². The summed E-state index contributed by atoms with van der Waals surface area (Å²) in [7, 11) is 0. The van der Waals surface area contributed by atoms with Gasteiger partial charge in [-0.15, -0.1) is 11.3 Å². The van der Waals surface area contributed by atoms with E-state index in [9.17, 15) is 4.79 Å². The van der Waals surface area contributed by atoms with Gasteiger partial charge in [-0.1, -0.05) is 18.5 Å². The second kappa shape index (κ2) is 6.72. The average molecular weight is 312 g/mol. The van der Waals surface area contributed by atoms with Crippen LogP contribution < -0.4 is 4.74 Å². The van der Waals surface area contributed by atoms with Crippen LogP contribution in [0.5, 0.6) is 5.75 Å². The predicted octanol–water partition coefficient (Wildman–Crippen LogP) is 4.03. The summed E-state index contributed by atoms with van der Waals surface area (Å²) in [6.07, 6.45) is 2.04. The quantitative estimate of drug-likeness (QED) is 0.875. The van der Waals surface area contributed by atoms with E-state index in [0.29, 0.717) is 12.4 Å². The summed E-state index contributed by atoms with van der Waals surface area (Å²) in [5, 5.41) is 12.2. The van der Waals surface area contributed by atoms with Crippen molar-refractivity contribution in [1.82, 2.24) is 4.98 Å². The minimum atomic E-state index is -1.01. The van der Waals surface area contributed by atoms with Crippen molar-refractivity contribution in [2.24, 2.45) is 0 Å². The van der Waals surface area contributed by atoms with Crippen LogP contribution in [0.2, 0.25) is 5.02 Å². The van der Waals surface area contributed by atoms with Crippen LogP contribution in [-0.4, -0.2) is 16.1 Å². The Kier molecular flexibility index (Phi) is 4.98. The summed E-state index contributed by atoms with van der Waals surface area (Å²) in [5.41, 5.74) is 0.998. The molecule has 1 heterocycles. The second-order valence-corrected chi connectivity index (χ2v) is 5.57. The number of hydrogen-bond acceptors (Lipinski definition) is 4. The molecular formula is C14H14ClNO3S. The van der Waals surface area contributed by atoms with Crippen LogP contribution in [0.15, 0.2) is 23.6 Å². The van der Waals surface area contributed by atoms with Crippen LogP contribution in [-0.2, 0) is 13.0 Å². The van der Waals surface area contributed by atoms with Gasteiger partial charge in [-0.2, -0.15) is 0 Å². The van der Waals surface area contributed by atoms with Crippen molar-refractivity contribution in [2.45, 2.75) is 26.4 Å². The Morgan fingerprint density at radius 3 is 2.95 bits per heavy atom. The SMILES string of the molecule is CCCc1nc(COc2ccc(C(=O)O)cc2Cl)cs1. The number of aromatic nitrogens is 1. The van der Waals surface area contributed by atoms with Crippen molar-refractivity contribution in [1.29, 1.82) is 0 Å². The van der Waals surface area contributed by atoms with Crippen LogP contribution >= 0.6 is 22.9 Å². The number of hydrogen-bond donors (Lipinski definition) is 1. The molecule has 0 radical (unpaired) electrons. The number of rotatable bonds is 6. The average Bonchev–Trinajstić information content (AvgIpc) is 2.85. The van der Waals surface area contributed by atoms with Crippen LogP contribution in [0.3, 0.4) is 0 Å². The molecule has 0 amide bonds. The number of thiazole rings is 1. The van der Waals surface area contributed by atoms with E-state index < -0.39 is 5.97 Å². The van der Waals surface area contributed by atoms with E-state index in [1.807, 2.05) is 5.38 Å². The highest BCUT2D eigenvalue weighted by atomic mass is 35.5. The fraction of sp³-hybridized carbons (Fsp3) is 0.286. The van der Waals surface area contributed by atoms with Gasteiger partial charge in [0.05, 0.1) is 21.3 Å². The van der Waals surface area contributed by atoms with Crippen LogP contribution in [0.25, 0.3) is 0 Å². The van der Waals surface area contributed by atoms with E-state index in [1.54, 1.807) is 17.4 Å². The third-order valence-electron chi connectivity index (χ3n) is 2.62. The third kappa shape index (κ3) is 3.71. The Balaban J connectivity index is 2.01. The fourth-order valence-corrected chi connectivity index (χ4v) is 2.77. The molecule has 20 heavy (non-hydrogen) atoms. The van der Waals surface area contributed by atoms with Gasteiger partial charge in [0, 0.05) is 5.38 Å². The Hall–Kier alpha value is -1.59. The van der Waals surface area contributed by atoms with Gasteiger partial charge in [0.1, 0.15) is 12.4 Å². The fourth-order valence-electron chi connectivity index (χ4n) is 1.65. The standard InChI is InChI=1S/C14H14ClNO3S/c1-2-3-13-16-10(8-20-13)7-19-12-5-4-9(14(17)18)6-11(12)15/h4-6,8H,2-3,7H2,1H3,(H,17,18). The molecule has 0 aliphatic rings. The number of carboxylic acid groups (broad SMARTS) is 1. The molecule has 0 spiro atoms. The number of carbonyl (C=O) groups is 1. The Morgan fingerprint density at radius 1 is 1.50 bits per heavy atom. The summed E-state index contributed by atoms with van der Waals surface area (Å²) in [4.78, 5) is 15.2. The molecular weight excluding hydrogens is 298 g/mol. The summed E-state index contributed by atoms with van der Waals surface area (Å²) < 4.78 is 5.57. The molecule has 106 valence electrons. The number of aromatic carboxylic acids is 1. The summed E-state index contributed by atoms with van der Waals surface area (Å²) in [6.45, 7) is 2.44. The van der Waals surface area contributed by atoms with E-state index in [4.69, 9.17) is 21.4 Å². The lowest BCUT2D eigenvalue weighted by Crippen LogP contribution is -1.99. The first-order valence-electron chi connectivity index (χ1n) is 6.19. The molecule has 0 saturated carbocycles. The van der Waals surface area contributed by atoms with Crippen molar-refractivity contribution in [3.63, 3.8) is 0 Å². The van der Waals surface area contributed by atoms with Gasteiger partial charge in [0.25, 0.3) is 0 Å². The van der Waals surface area contributed by atoms with Crippen LogP contribution in [0.4, 0.5) is 0 Å². The maximum atomic E-state index is 10.8. The van der Waals surface area contributed by atoms with E-state index >= 15 is 0 Å². The molecule has 1 aromatic heterocycles. The smallest absolute Gasteiger partial charge is 0.335 e. The van der Waals surface area contributed by atoms with Gasteiger partial charge in [0.15, 0.2) is 0 Å². The van der Waals surface area contributed by atoms with Crippen molar-refractivity contribution >= 4 is 28.9 Å². The zero-order valence-corrected chi connectivity index (χ0v) is 12.5. The largest absolute Gasteiger partial charge is 0.486 e. The minimum absolute atomic E-state index is 0.140. The number of nitrogens with zero attached hydrogens (tertiary/aromatic N) is 1. The van der Waals surface area contributed by atoms with Gasteiger partial charge in [-0.25, -0.2) is 9.78 Å². The number of halogens is 1. The van der Waals surface area contributed by atoms with E-state index in [2.05, 4.69) is 11.9 Å². The van der Waals surface area contributed by atoms with Crippen molar-refractivity contribution < 1.29 is 14.6 Å². The molecule has 2 rings (SSSR count). The number of aryl methyl sites for hydroxylation is 1. The monoisotopic (exact) mass is 311 g/mol. The predicted molar refractivity (Wildman–Crippen MR) is 78.9 cm³/mol. The Labute approximate surface area is 126 Å². The highest BCUT2D eigenvalue weighted by Crippen LogP contribution is 2.26. The molecule has 6 heteroatoms. The van der Waals surface area contributed by atoms with Crippen molar-refractivity contribution in [3.8, 4) is 5.75 Å². The van der Waals surface area contributed by atoms with Gasteiger partial charge >= 0.3 is 5.97 Å².